The van der Waals surface area contributed by atoms with Gasteiger partial charge in [0.05, 0.1) is 54.0 Å². The first-order valence-electron chi connectivity index (χ1n) is 13.0. The lowest BCUT2D eigenvalue weighted by atomic mass is 9.95. The Balaban J connectivity index is 1.32. The Morgan fingerprint density at radius 2 is 1.82 bits per heavy atom. The molecule has 2 saturated heterocycles. The molecule has 0 N–H and O–H groups in total. The zero-order chi connectivity index (χ0) is 26.7. The summed E-state index contributed by atoms with van der Waals surface area (Å²) >= 11 is 6.20. The standard InChI is InChI=1S/C28H27ClN4O5S/c29-19-3-6-21-25(15-19)39(35,36)17-22-26(28(34)32-11-14-38-24-8-7-23(24)32)30-33(27(21)22)20-4-1-18(2-5-20)16-31-9-12-37-13-10-31/h1-8,15,23-24H,9-14,16-17H2/t23-,24+/m0/s1. The molecule has 39 heavy (non-hydrogen) atoms. The van der Waals surface area contributed by atoms with Crippen molar-refractivity contribution >= 4 is 27.3 Å². The number of hydrogen-bond donors (Lipinski definition) is 0. The monoisotopic (exact) mass is 566 g/mol. The molecule has 0 bridgehead atoms. The maximum atomic E-state index is 13.9. The molecule has 1 amide bonds. The van der Waals surface area contributed by atoms with Crippen LogP contribution in [0.1, 0.15) is 21.6 Å². The maximum Gasteiger partial charge on any atom is 0.275 e. The maximum absolute atomic E-state index is 13.9. The number of nitrogens with zero attached hydrogens (tertiary/aromatic N) is 4. The van der Waals surface area contributed by atoms with E-state index in [1.165, 1.54) is 6.07 Å². The number of carbonyl (C=O) groups excluding carboxylic acids is 1. The number of aromatic nitrogens is 2. The summed E-state index contributed by atoms with van der Waals surface area (Å²) in [7, 11) is -3.73. The van der Waals surface area contributed by atoms with Crippen molar-refractivity contribution in [3.05, 3.63) is 76.5 Å². The number of carbonyl (C=O) groups is 1. The van der Waals surface area contributed by atoms with Crippen LogP contribution >= 0.6 is 11.6 Å². The van der Waals surface area contributed by atoms with Crippen LogP contribution in [-0.4, -0.2) is 85.5 Å². The molecular weight excluding hydrogens is 540 g/mol. The highest BCUT2D eigenvalue weighted by Gasteiger charge is 2.42. The van der Waals surface area contributed by atoms with Gasteiger partial charge in [-0.15, -0.1) is 0 Å². The summed E-state index contributed by atoms with van der Waals surface area (Å²) in [6.45, 7) is 4.92. The van der Waals surface area contributed by atoms with Gasteiger partial charge < -0.3 is 14.4 Å². The molecule has 3 aromatic rings. The second kappa shape index (κ2) is 9.57. The molecule has 1 aromatic heterocycles. The van der Waals surface area contributed by atoms with Gasteiger partial charge in [0.25, 0.3) is 5.91 Å². The lowest BCUT2D eigenvalue weighted by Crippen LogP contribution is -2.55. The van der Waals surface area contributed by atoms with Gasteiger partial charge in [-0.25, -0.2) is 13.1 Å². The molecule has 1 aliphatic carbocycles. The average molecular weight is 567 g/mol. The molecule has 4 aliphatic rings. The number of amides is 1. The first-order chi connectivity index (χ1) is 18.9. The zero-order valence-electron chi connectivity index (χ0n) is 21.1. The molecule has 0 radical (unpaired) electrons. The van der Waals surface area contributed by atoms with Crippen molar-refractivity contribution in [2.45, 2.75) is 29.3 Å². The van der Waals surface area contributed by atoms with Gasteiger partial charge in [-0.2, -0.15) is 5.10 Å². The normalized spacial score (nSPS) is 23.5. The summed E-state index contributed by atoms with van der Waals surface area (Å²) in [4.78, 5) is 18.1. The molecule has 7 rings (SSSR count). The van der Waals surface area contributed by atoms with Crippen LogP contribution in [0, 0.1) is 0 Å². The van der Waals surface area contributed by atoms with Gasteiger partial charge >= 0.3 is 0 Å². The number of halogens is 1. The van der Waals surface area contributed by atoms with E-state index in [1.807, 2.05) is 24.3 Å². The second-order valence-electron chi connectivity index (χ2n) is 10.3. The van der Waals surface area contributed by atoms with Crippen molar-refractivity contribution in [1.29, 1.82) is 0 Å². The highest BCUT2D eigenvalue weighted by Crippen LogP contribution is 2.42. The van der Waals surface area contributed by atoms with E-state index in [0.29, 0.717) is 35.0 Å². The van der Waals surface area contributed by atoms with Crippen LogP contribution in [0.5, 0.6) is 0 Å². The van der Waals surface area contributed by atoms with E-state index >= 15 is 0 Å². The van der Waals surface area contributed by atoms with Crippen LogP contribution < -0.4 is 0 Å². The van der Waals surface area contributed by atoms with Crippen LogP contribution in [-0.2, 0) is 31.6 Å². The van der Waals surface area contributed by atoms with Crippen LogP contribution in [0.4, 0.5) is 0 Å². The van der Waals surface area contributed by atoms with Crippen molar-refractivity contribution in [3.8, 4) is 16.9 Å². The zero-order valence-corrected chi connectivity index (χ0v) is 22.7. The highest BCUT2D eigenvalue weighted by molar-refractivity contribution is 7.91. The Kier molecular flexibility index (Phi) is 6.13. The van der Waals surface area contributed by atoms with Crippen molar-refractivity contribution in [3.63, 3.8) is 0 Å². The fourth-order valence-electron chi connectivity index (χ4n) is 5.75. The predicted octanol–water partition coefficient (Wildman–Crippen LogP) is 3.09. The molecule has 11 heteroatoms. The average Bonchev–Trinajstić information content (AvgIpc) is 3.28. The van der Waals surface area contributed by atoms with Gasteiger partial charge in [-0.1, -0.05) is 42.0 Å². The molecular formula is C28H27ClN4O5S. The summed E-state index contributed by atoms with van der Waals surface area (Å²) in [5.41, 5.74) is 3.58. The molecule has 4 heterocycles. The summed E-state index contributed by atoms with van der Waals surface area (Å²) in [6.07, 6.45) is 3.74. The first kappa shape index (κ1) is 25.0. The lowest BCUT2D eigenvalue weighted by molar-refractivity contribution is -0.0344. The number of fused-ring (bicyclic) bond motifs is 4. The summed E-state index contributed by atoms with van der Waals surface area (Å²) in [5.74, 6) is -0.607. The quantitative estimate of drug-likeness (QED) is 0.448. The van der Waals surface area contributed by atoms with Gasteiger partial charge in [0.1, 0.15) is 0 Å². The Morgan fingerprint density at radius 3 is 2.56 bits per heavy atom. The highest BCUT2D eigenvalue weighted by atomic mass is 35.5. The number of rotatable bonds is 4. The second-order valence-corrected chi connectivity index (χ2v) is 12.6. The van der Waals surface area contributed by atoms with Gasteiger partial charge in [0, 0.05) is 42.3 Å². The van der Waals surface area contributed by atoms with Crippen LogP contribution in [0.3, 0.4) is 0 Å². The molecule has 3 aliphatic heterocycles. The third-order valence-corrected chi connectivity index (χ3v) is 9.75. The summed E-state index contributed by atoms with van der Waals surface area (Å²) in [5, 5.41) is 5.13. The van der Waals surface area contributed by atoms with E-state index in [2.05, 4.69) is 17.0 Å². The molecule has 2 aromatic carbocycles. The van der Waals surface area contributed by atoms with Gasteiger partial charge in [-0.3, -0.25) is 9.69 Å². The molecule has 0 spiro atoms. The fraction of sp³-hybridized carbons (Fsp3) is 0.357. The molecule has 0 saturated carbocycles. The van der Waals surface area contributed by atoms with Gasteiger partial charge in [0.15, 0.2) is 15.5 Å². The van der Waals surface area contributed by atoms with Crippen molar-refractivity contribution in [1.82, 2.24) is 19.6 Å². The Bertz CT molecular complexity index is 1590. The van der Waals surface area contributed by atoms with Crippen molar-refractivity contribution < 1.29 is 22.7 Å². The molecule has 2 atom stereocenters. The predicted molar refractivity (Wildman–Crippen MR) is 145 cm³/mol. The Hall–Kier alpha value is -3.02. The van der Waals surface area contributed by atoms with E-state index < -0.39 is 9.84 Å². The van der Waals surface area contributed by atoms with Gasteiger partial charge in [-0.05, 0) is 29.8 Å². The van der Waals surface area contributed by atoms with E-state index in [4.69, 9.17) is 26.2 Å². The smallest absolute Gasteiger partial charge is 0.275 e. The first-order valence-corrected chi connectivity index (χ1v) is 15.1. The van der Waals surface area contributed by atoms with E-state index in [-0.39, 0.29) is 34.4 Å². The number of hydrogen-bond acceptors (Lipinski definition) is 7. The van der Waals surface area contributed by atoms with Crippen LogP contribution in [0.2, 0.25) is 5.02 Å². The summed E-state index contributed by atoms with van der Waals surface area (Å²) in [6, 6.07) is 12.7. The SMILES string of the molecule is O=C(c1nn(-c2ccc(CN3CCOCC3)cc2)c2c1CS(=O)(=O)c1cc(Cl)ccc1-2)N1CCO[C@@H]2C=C[C@@H]21. The van der Waals surface area contributed by atoms with E-state index in [9.17, 15) is 13.2 Å². The van der Waals surface area contributed by atoms with Crippen molar-refractivity contribution in [2.75, 3.05) is 39.5 Å². The fourth-order valence-corrected chi connectivity index (χ4v) is 7.60. The number of benzene rings is 2. The number of ether oxygens (including phenoxy) is 2. The number of morpholine rings is 2. The summed E-state index contributed by atoms with van der Waals surface area (Å²) < 4.78 is 39.6. The molecule has 9 nitrogen and oxygen atoms in total. The number of sulfone groups is 1. The minimum Gasteiger partial charge on any atom is -0.379 e. The minimum atomic E-state index is -3.73. The molecule has 202 valence electrons. The topological polar surface area (TPSA) is 94.0 Å². The molecule has 2 fully saturated rings. The van der Waals surface area contributed by atoms with Crippen LogP contribution in [0.15, 0.2) is 59.5 Å². The Morgan fingerprint density at radius 1 is 1.03 bits per heavy atom. The van der Waals surface area contributed by atoms with Crippen molar-refractivity contribution in [2.24, 2.45) is 0 Å². The van der Waals surface area contributed by atoms with E-state index in [0.717, 1.165) is 44.1 Å². The Labute approximate surface area is 231 Å². The van der Waals surface area contributed by atoms with Gasteiger partial charge in [0.2, 0.25) is 0 Å². The lowest BCUT2D eigenvalue weighted by Gasteiger charge is -2.42. The molecule has 0 unspecified atom stereocenters. The largest absolute Gasteiger partial charge is 0.379 e. The van der Waals surface area contributed by atoms with E-state index in [1.54, 1.807) is 21.7 Å². The third-order valence-electron chi connectivity index (χ3n) is 7.84. The minimum absolute atomic E-state index is 0.133. The third kappa shape index (κ3) is 4.31. The van der Waals surface area contributed by atoms with Crippen LogP contribution in [0.25, 0.3) is 16.9 Å².